The average Bonchev–Trinajstić information content (AvgIpc) is 3.37. The van der Waals surface area contributed by atoms with Crippen molar-refractivity contribution in [1.82, 2.24) is 15.2 Å². The van der Waals surface area contributed by atoms with E-state index in [1.165, 1.54) is 24.9 Å². The summed E-state index contributed by atoms with van der Waals surface area (Å²) >= 11 is 1.24. The third-order valence-corrected chi connectivity index (χ3v) is 9.51. The number of nitrogens with zero attached hydrogens (tertiary/aromatic N) is 1. The van der Waals surface area contributed by atoms with Gasteiger partial charge < -0.3 is 25.3 Å². The fourth-order valence-corrected chi connectivity index (χ4v) is 6.75. The Morgan fingerprint density at radius 3 is 2.65 bits per heavy atom. The van der Waals surface area contributed by atoms with Crippen LogP contribution in [0.3, 0.4) is 0 Å². The van der Waals surface area contributed by atoms with Gasteiger partial charge in [0.1, 0.15) is 11.6 Å². The van der Waals surface area contributed by atoms with Gasteiger partial charge in [-0.25, -0.2) is 4.79 Å². The Labute approximate surface area is 276 Å². The van der Waals surface area contributed by atoms with Crippen LogP contribution in [0.15, 0.2) is 83.7 Å². The Morgan fingerprint density at radius 2 is 1.87 bits per heavy atom. The normalized spacial score (nSPS) is 20.3. The van der Waals surface area contributed by atoms with Crippen LogP contribution in [-0.4, -0.2) is 59.4 Å². The molecule has 4 aromatic rings. The molecule has 1 aliphatic heterocycles. The molecule has 2 aliphatic rings. The topological polar surface area (TPSA) is 121 Å². The first-order chi connectivity index (χ1) is 22.3. The number of likely N-dealkylation sites (tertiary alicyclic amines) is 1. The molecular formula is C36H46N4O5S. The van der Waals surface area contributed by atoms with Crippen molar-refractivity contribution in [3.63, 3.8) is 0 Å². The van der Waals surface area contributed by atoms with Crippen molar-refractivity contribution in [2.24, 2.45) is 5.92 Å². The van der Waals surface area contributed by atoms with Gasteiger partial charge in [-0.2, -0.15) is 0 Å². The number of aromatic amines is 1. The fourth-order valence-electron chi connectivity index (χ4n) is 6.02. The van der Waals surface area contributed by atoms with Crippen LogP contribution in [0.25, 0.3) is 21.0 Å². The highest BCUT2D eigenvalue weighted by atomic mass is 32.1. The van der Waals surface area contributed by atoms with Gasteiger partial charge in [0.05, 0.1) is 23.9 Å². The highest BCUT2D eigenvalue weighted by Gasteiger charge is 2.61. The first kappa shape index (κ1) is 32.9. The van der Waals surface area contributed by atoms with E-state index in [9.17, 15) is 19.2 Å². The minimum Gasteiger partial charge on any atom is -0.467 e. The number of carbonyl (C=O) groups is 3. The van der Waals surface area contributed by atoms with Crippen LogP contribution < -0.4 is 15.5 Å². The lowest BCUT2D eigenvalue weighted by Gasteiger charge is -2.26. The molecule has 0 radical (unpaired) electrons. The minimum absolute atomic E-state index is 0. The molecule has 246 valence electrons. The number of amides is 2. The summed E-state index contributed by atoms with van der Waals surface area (Å²) in [5.74, 6) is -0.904. The van der Waals surface area contributed by atoms with E-state index in [4.69, 9.17) is 4.74 Å². The summed E-state index contributed by atoms with van der Waals surface area (Å²) in [6.45, 7) is 2.80. The highest BCUT2D eigenvalue weighted by molar-refractivity contribution is 7.16. The number of esters is 1. The number of allylic oxidation sites excluding steroid dienone is 1. The zero-order chi connectivity index (χ0) is 32.5. The maximum atomic E-state index is 13.3. The molecule has 3 N–H and O–H groups in total. The summed E-state index contributed by atoms with van der Waals surface area (Å²) in [6, 6.07) is 21.1. The van der Waals surface area contributed by atoms with Gasteiger partial charge >= 0.3 is 10.8 Å². The minimum atomic E-state index is -1.02. The van der Waals surface area contributed by atoms with Gasteiger partial charge in [0.15, 0.2) is 0 Å². The third kappa shape index (κ3) is 7.85. The van der Waals surface area contributed by atoms with Crippen LogP contribution in [0.1, 0.15) is 54.7 Å². The van der Waals surface area contributed by atoms with Crippen LogP contribution >= 0.6 is 11.3 Å². The lowest BCUT2D eigenvalue weighted by molar-refractivity contribution is -0.147. The number of hydrogen-bond acceptors (Lipinski definition) is 7. The van der Waals surface area contributed by atoms with E-state index in [0.717, 1.165) is 52.4 Å². The van der Waals surface area contributed by atoms with E-state index in [-0.39, 0.29) is 32.0 Å². The number of rotatable bonds is 11. The van der Waals surface area contributed by atoms with Crippen LogP contribution in [0.4, 0.5) is 5.69 Å². The van der Waals surface area contributed by atoms with E-state index in [1.807, 2.05) is 72.8 Å². The molecule has 6 rings (SSSR count). The first-order valence-electron chi connectivity index (χ1n) is 16.0. The number of thiazole rings is 1. The van der Waals surface area contributed by atoms with Crippen LogP contribution in [0.2, 0.25) is 0 Å². The summed E-state index contributed by atoms with van der Waals surface area (Å²) in [5.41, 5.74) is 0.768. The molecule has 1 saturated carbocycles. The van der Waals surface area contributed by atoms with E-state index in [1.54, 1.807) is 4.90 Å². The van der Waals surface area contributed by atoms with Crippen LogP contribution in [0, 0.1) is 5.92 Å². The van der Waals surface area contributed by atoms with Gasteiger partial charge in [-0.1, -0.05) is 85.7 Å². The smallest absolute Gasteiger partial charge is 0.332 e. The number of benzene rings is 3. The third-order valence-electron chi connectivity index (χ3n) is 8.65. The molecule has 1 aromatic heterocycles. The maximum Gasteiger partial charge on any atom is 0.332 e. The van der Waals surface area contributed by atoms with Gasteiger partial charge in [-0.3, -0.25) is 14.4 Å². The van der Waals surface area contributed by atoms with Crippen molar-refractivity contribution in [2.45, 2.75) is 63.5 Å². The van der Waals surface area contributed by atoms with Crippen LogP contribution in [0.5, 0.6) is 0 Å². The number of methoxy groups -OCH3 is 1. The van der Waals surface area contributed by atoms with E-state index in [0.29, 0.717) is 19.4 Å². The molecule has 2 amide bonds. The monoisotopic (exact) mass is 646 g/mol. The molecule has 46 heavy (non-hydrogen) atoms. The molecule has 1 aliphatic carbocycles. The number of unbranched alkanes of at least 4 members (excludes halogenated alkanes) is 3. The molecule has 2 heterocycles. The van der Waals surface area contributed by atoms with Gasteiger partial charge in [-0.05, 0) is 67.1 Å². The van der Waals surface area contributed by atoms with Crippen molar-refractivity contribution < 1.29 is 22.0 Å². The average molecular weight is 647 g/mol. The zero-order valence-corrected chi connectivity index (χ0v) is 27.2. The lowest BCUT2D eigenvalue weighted by atomic mass is 10.1. The fraction of sp³-hybridized carbons (Fsp3) is 0.389. The van der Waals surface area contributed by atoms with Gasteiger partial charge in [0, 0.05) is 21.0 Å². The van der Waals surface area contributed by atoms with Crippen molar-refractivity contribution in [3.05, 3.63) is 88.5 Å². The Bertz CT molecular complexity index is 1740. The second-order valence-electron chi connectivity index (χ2n) is 11.9. The van der Waals surface area contributed by atoms with Crippen molar-refractivity contribution in [3.8, 4) is 0 Å². The summed E-state index contributed by atoms with van der Waals surface area (Å²) in [5, 5.41) is 8.40. The number of nitrogens with one attached hydrogen (secondary N) is 3. The summed E-state index contributed by atoms with van der Waals surface area (Å²) < 4.78 is 6.05. The number of carbonyl (C=O) groups excluding carboxylic acids is 3. The quantitative estimate of drug-likeness (QED) is 0.0971. The second kappa shape index (κ2) is 15.2. The molecule has 9 nitrogen and oxygen atoms in total. The molecular weight excluding hydrogens is 600 g/mol. The Hall–Kier alpha value is -4.44. The molecule has 2 fully saturated rings. The van der Waals surface area contributed by atoms with E-state index in [2.05, 4.69) is 28.6 Å². The second-order valence-corrected chi connectivity index (χ2v) is 12.9. The number of anilines is 1. The number of fused-ring (bicyclic) bond motifs is 2. The molecule has 0 unspecified atom stereocenters. The largest absolute Gasteiger partial charge is 0.467 e. The van der Waals surface area contributed by atoms with E-state index < -0.39 is 17.6 Å². The van der Waals surface area contributed by atoms with E-state index >= 15 is 0 Å². The highest BCUT2D eigenvalue weighted by Crippen LogP contribution is 2.46. The Balaban J connectivity index is 0.000000442. The molecule has 3 atom stereocenters. The van der Waals surface area contributed by atoms with Crippen LogP contribution in [-0.2, 0) is 19.1 Å². The SMILES string of the molecule is CCCCC/C=C\[C@@H]1C[C@]1(NC(=O)[C@@H]1CCCN1C(=O)CNc1ccc2ccccc2c1)C(=O)OC.O=c1[nH]c2ccccc2s1.[HH].[HH]. The summed E-state index contributed by atoms with van der Waals surface area (Å²) in [4.78, 5) is 54.0. The van der Waals surface area contributed by atoms with Gasteiger partial charge in [-0.15, -0.1) is 0 Å². The number of para-hydroxylation sites is 1. The van der Waals surface area contributed by atoms with Crippen molar-refractivity contribution >= 4 is 55.8 Å². The number of ether oxygens (including phenoxy) is 1. The molecule has 3 aromatic carbocycles. The molecule has 1 saturated heterocycles. The van der Waals surface area contributed by atoms with Gasteiger partial charge in [0.2, 0.25) is 11.8 Å². The zero-order valence-electron chi connectivity index (χ0n) is 26.4. The first-order valence-corrected chi connectivity index (χ1v) is 16.8. The van der Waals surface area contributed by atoms with Gasteiger partial charge in [0.25, 0.3) is 0 Å². The van der Waals surface area contributed by atoms with Crippen molar-refractivity contribution in [2.75, 3.05) is 25.5 Å². The van der Waals surface area contributed by atoms with Crippen molar-refractivity contribution in [1.29, 1.82) is 0 Å². The lowest BCUT2D eigenvalue weighted by Crippen LogP contribution is -2.53. The molecule has 0 spiro atoms. The predicted molar refractivity (Wildman–Crippen MR) is 188 cm³/mol. The maximum absolute atomic E-state index is 13.3. The number of hydrogen-bond donors (Lipinski definition) is 3. The number of aromatic nitrogens is 1. The molecule has 10 heteroatoms. The predicted octanol–water partition coefficient (Wildman–Crippen LogP) is 6.51. The molecule has 0 bridgehead atoms. The number of H-pyrrole nitrogens is 1. The Morgan fingerprint density at radius 1 is 1.09 bits per heavy atom. The Kier molecular flexibility index (Phi) is 10.9. The summed E-state index contributed by atoms with van der Waals surface area (Å²) in [6.07, 6.45) is 10.4. The summed E-state index contributed by atoms with van der Waals surface area (Å²) in [7, 11) is 1.35. The standard InChI is InChI=1S/C29H37N3O4.C7H5NOS.2H2/c1-3-4-5-6-7-13-23-19-29(23,28(35)36-2)31-27(34)25-14-10-17-32(25)26(33)20-30-24-16-15-21-11-8-9-12-22(21)18-24;9-7-8-5-3-1-2-4-6(5)10-7;;/h7-9,11-13,15-16,18,23,25,30H,3-6,10,14,17,19-20H2,1-2H3,(H,31,34);1-4H,(H,8,9);2*1H/b13-7-;;;/t23-,25+,29-;;;/m1.../s1.